The molecule has 12 heteroatoms. The lowest BCUT2D eigenvalue weighted by molar-refractivity contribution is 0.0687. The van der Waals surface area contributed by atoms with Gasteiger partial charge in [-0.2, -0.15) is 9.40 Å². The summed E-state index contributed by atoms with van der Waals surface area (Å²) in [6.07, 6.45) is 9.59. The number of aromatic nitrogens is 5. The second-order valence-corrected chi connectivity index (χ2v) is 13.0. The van der Waals surface area contributed by atoms with Gasteiger partial charge in [-0.05, 0) is 57.2 Å². The zero-order valence-corrected chi connectivity index (χ0v) is 23.9. The molecule has 39 heavy (non-hydrogen) atoms. The number of anilines is 1. The van der Waals surface area contributed by atoms with Crippen molar-refractivity contribution in [3.8, 4) is 11.1 Å². The average Bonchev–Trinajstić information content (AvgIpc) is 3.37. The Bertz CT molecular complexity index is 1600. The van der Waals surface area contributed by atoms with E-state index in [0.717, 1.165) is 40.6 Å². The number of piperidine rings is 1. The molecule has 1 aliphatic rings. The molecule has 5 rings (SSSR count). The summed E-state index contributed by atoms with van der Waals surface area (Å²) in [4.78, 5) is 13.4. The minimum absolute atomic E-state index is 0.0574. The molecular formula is C27H32ClN7O3S. The predicted octanol–water partition coefficient (Wildman–Crippen LogP) is 4.21. The number of nitrogens with one attached hydrogen (secondary N) is 1. The fraction of sp³-hybridized carbons (Fsp3) is 0.407. The van der Waals surface area contributed by atoms with E-state index in [0.29, 0.717) is 23.9 Å². The van der Waals surface area contributed by atoms with Gasteiger partial charge in [-0.3, -0.25) is 9.67 Å². The summed E-state index contributed by atoms with van der Waals surface area (Å²) >= 11 is 6.65. The standard InChI is InChI=1S/C27H32ClN7O3S/c1-17(19-6-5-9-35(15-19)39(37,38)21-13-32-34(4)16-21)33-25-22-10-18(7-8-24(22)29-14-23(25)28)20-11-30-26(31-12-20)27(2,3)36/h7-8,10-14,16-17,19,36H,5-6,9,15H2,1-4H3,(H,29,33)/t17?,19-/m0/s1. The van der Waals surface area contributed by atoms with Crippen LogP contribution in [0.2, 0.25) is 5.02 Å². The molecule has 0 bridgehead atoms. The van der Waals surface area contributed by atoms with Gasteiger partial charge in [0.05, 0.1) is 22.4 Å². The fourth-order valence-electron chi connectivity index (χ4n) is 4.91. The van der Waals surface area contributed by atoms with Gasteiger partial charge in [0.25, 0.3) is 0 Å². The first-order valence-electron chi connectivity index (χ1n) is 12.8. The minimum Gasteiger partial charge on any atom is -0.382 e. The van der Waals surface area contributed by atoms with E-state index in [4.69, 9.17) is 11.6 Å². The van der Waals surface area contributed by atoms with Crippen molar-refractivity contribution in [3.63, 3.8) is 0 Å². The Kier molecular flexibility index (Phi) is 7.36. The van der Waals surface area contributed by atoms with E-state index >= 15 is 0 Å². The van der Waals surface area contributed by atoms with Gasteiger partial charge in [0.2, 0.25) is 10.0 Å². The summed E-state index contributed by atoms with van der Waals surface area (Å²) in [7, 11) is -1.91. The number of nitrogens with zero attached hydrogens (tertiary/aromatic N) is 6. The molecule has 1 fully saturated rings. The number of halogens is 1. The summed E-state index contributed by atoms with van der Waals surface area (Å²) in [6.45, 7) is 6.23. The van der Waals surface area contributed by atoms with Crippen LogP contribution in [0.4, 0.5) is 5.69 Å². The third-order valence-corrected chi connectivity index (χ3v) is 9.28. The number of hydrogen-bond acceptors (Lipinski definition) is 8. The van der Waals surface area contributed by atoms with E-state index in [1.54, 1.807) is 43.8 Å². The van der Waals surface area contributed by atoms with Gasteiger partial charge < -0.3 is 10.4 Å². The Morgan fingerprint density at radius 1 is 1.13 bits per heavy atom. The molecule has 0 radical (unpaired) electrons. The molecular weight excluding hydrogens is 538 g/mol. The molecule has 2 N–H and O–H groups in total. The number of rotatable bonds is 7. The van der Waals surface area contributed by atoms with Crippen molar-refractivity contribution in [2.45, 2.75) is 50.2 Å². The highest BCUT2D eigenvalue weighted by molar-refractivity contribution is 7.89. The van der Waals surface area contributed by atoms with Crippen molar-refractivity contribution in [2.24, 2.45) is 13.0 Å². The fourth-order valence-corrected chi connectivity index (χ4v) is 6.64. The Hall–Kier alpha value is -3.12. The van der Waals surface area contributed by atoms with Gasteiger partial charge in [-0.25, -0.2) is 18.4 Å². The zero-order chi connectivity index (χ0) is 27.9. The molecule has 0 amide bonds. The Balaban J connectivity index is 1.40. The van der Waals surface area contributed by atoms with E-state index in [9.17, 15) is 13.5 Å². The van der Waals surface area contributed by atoms with Gasteiger partial charge in [-0.15, -0.1) is 0 Å². The third kappa shape index (κ3) is 5.62. The Morgan fingerprint density at radius 2 is 1.87 bits per heavy atom. The largest absolute Gasteiger partial charge is 0.382 e. The van der Waals surface area contributed by atoms with Crippen LogP contribution in [0.15, 0.2) is 54.1 Å². The number of hydrogen-bond donors (Lipinski definition) is 2. The van der Waals surface area contributed by atoms with Crippen LogP contribution in [-0.2, 0) is 22.7 Å². The smallest absolute Gasteiger partial charge is 0.246 e. The number of fused-ring (bicyclic) bond motifs is 1. The van der Waals surface area contributed by atoms with Crippen LogP contribution < -0.4 is 5.32 Å². The van der Waals surface area contributed by atoms with Crippen LogP contribution in [-0.4, -0.2) is 61.7 Å². The number of aryl methyl sites for hydroxylation is 1. The maximum atomic E-state index is 13.2. The second-order valence-electron chi connectivity index (χ2n) is 10.6. The lowest BCUT2D eigenvalue weighted by Crippen LogP contribution is -2.44. The highest BCUT2D eigenvalue weighted by Crippen LogP contribution is 2.35. The first kappa shape index (κ1) is 27.4. The number of sulfonamides is 1. The molecule has 4 heterocycles. The van der Waals surface area contributed by atoms with Crippen molar-refractivity contribution in [3.05, 3.63) is 60.0 Å². The molecule has 2 atom stereocenters. The predicted molar refractivity (Wildman–Crippen MR) is 151 cm³/mol. The van der Waals surface area contributed by atoms with Crippen LogP contribution in [0.5, 0.6) is 0 Å². The topological polar surface area (TPSA) is 126 Å². The highest BCUT2D eigenvalue weighted by Gasteiger charge is 2.33. The number of benzene rings is 1. The molecule has 1 unspecified atom stereocenters. The summed E-state index contributed by atoms with van der Waals surface area (Å²) in [5.74, 6) is 0.426. The lowest BCUT2D eigenvalue weighted by atomic mass is 9.92. The van der Waals surface area contributed by atoms with Crippen molar-refractivity contribution in [1.29, 1.82) is 0 Å². The molecule has 0 aliphatic carbocycles. The highest BCUT2D eigenvalue weighted by atomic mass is 35.5. The van der Waals surface area contributed by atoms with Crippen molar-refractivity contribution in [2.75, 3.05) is 18.4 Å². The van der Waals surface area contributed by atoms with E-state index in [-0.39, 0.29) is 16.9 Å². The minimum atomic E-state index is -3.61. The maximum absolute atomic E-state index is 13.2. The van der Waals surface area contributed by atoms with Crippen LogP contribution in [0.1, 0.15) is 39.4 Å². The normalized spacial score (nSPS) is 17.8. The molecule has 4 aromatic rings. The molecule has 0 spiro atoms. The molecule has 1 aliphatic heterocycles. The summed E-state index contributed by atoms with van der Waals surface area (Å²) in [6, 6.07) is 5.80. The van der Waals surface area contributed by atoms with Gasteiger partial charge in [0.15, 0.2) is 5.82 Å². The van der Waals surface area contributed by atoms with E-state index in [1.807, 2.05) is 18.2 Å². The molecule has 10 nitrogen and oxygen atoms in total. The van der Waals surface area contributed by atoms with Crippen molar-refractivity contribution < 1.29 is 13.5 Å². The zero-order valence-electron chi connectivity index (χ0n) is 22.3. The third-order valence-electron chi connectivity index (χ3n) is 7.17. The molecule has 206 valence electrons. The van der Waals surface area contributed by atoms with Crippen molar-refractivity contribution in [1.82, 2.24) is 29.0 Å². The number of pyridine rings is 1. The molecule has 1 aromatic carbocycles. The van der Waals surface area contributed by atoms with Crippen LogP contribution in [0.25, 0.3) is 22.0 Å². The molecule has 0 saturated carbocycles. The Labute approximate surface area is 233 Å². The van der Waals surface area contributed by atoms with Gasteiger partial charge in [0, 0.05) is 61.9 Å². The molecule has 1 saturated heterocycles. The molecule has 3 aromatic heterocycles. The monoisotopic (exact) mass is 569 g/mol. The first-order valence-corrected chi connectivity index (χ1v) is 14.6. The van der Waals surface area contributed by atoms with Gasteiger partial charge in [-0.1, -0.05) is 17.7 Å². The lowest BCUT2D eigenvalue weighted by Gasteiger charge is -2.35. The SMILES string of the molecule is CC(Nc1c(Cl)cnc2ccc(-c3cnc(C(C)(C)O)nc3)cc12)[C@H]1CCCN(S(=O)(=O)c2cnn(C)c2)C1. The second kappa shape index (κ2) is 10.5. The van der Waals surface area contributed by atoms with E-state index in [1.165, 1.54) is 17.1 Å². The van der Waals surface area contributed by atoms with Gasteiger partial charge >= 0.3 is 0 Å². The summed E-state index contributed by atoms with van der Waals surface area (Å²) in [5, 5.41) is 19.1. The average molecular weight is 570 g/mol. The maximum Gasteiger partial charge on any atom is 0.246 e. The van der Waals surface area contributed by atoms with Gasteiger partial charge in [0.1, 0.15) is 10.5 Å². The quantitative estimate of drug-likeness (QED) is 0.339. The van der Waals surface area contributed by atoms with Crippen LogP contribution >= 0.6 is 11.6 Å². The van der Waals surface area contributed by atoms with E-state index < -0.39 is 15.6 Å². The summed E-state index contributed by atoms with van der Waals surface area (Å²) < 4.78 is 29.5. The van der Waals surface area contributed by atoms with Crippen LogP contribution in [0, 0.1) is 5.92 Å². The Morgan fingerprint density at radius 3 is 2.54 bits per heavy atom. The summed E-state index contributed by atoms with van der Waals surface area (Å²) in [5.41, 5.74) is 2.08. The van der Waals surface area contributed by atoms with Crippen molar-refractivity contribution >= 4 is 38.2 Å². The number of aliphatic hydroxyl groups is 1. The van der Waals surface area contributed by atoms with E-state index in [2.05, 4.69) is 32.3 Å². The van der Waals surface area contributed by atoms with Crippen LogP contribution in [0.3, 0.4) is 0 Å². The first-order chi connectivity index (χ1) is 18.4.